The quantitative estimate of drug-likeness (QED) is 0.191. The highest BCUT2D eigenvalue weighted by Gasteiger charge is 2.17. The molecule has 162 valence electrons. The summed E-state index contributed by atoms with van der Waals surface area (Å²) in [5.74, 6) is 0. The summed E-state index contributed by atoms with van der Waals surface area (Å²) < 4.78 is 7.18. The first kappa shape index (κ1) is 20.5. The van der Waals surface area contributed by atoms with Gasteiger partial charge in [0.2, 0.25) is 0 Å². The standard InChI is InChI=1S/C30H17Br2NS/c31-19-16-24(32)30-28(17-19)34-27-12-6-10-21(29(27)30)18-13-14-23-22-9-4-5-11-25(22)33(26(23)15-18)20-7-2-1-3-8-20/h1-17H. The number of halogens is 2. The first-order chi connectivity index (χ1) is 16.7. The van der Waals surface area contributed by atoms with Crippen molar-refractivity contribution in [2.75, 3.05) is 0 Å². The fourth-order valence-electron chi connectivity index (χ4n) is 5.10. The lowest BCUT2D eigenvalue weighted by molar-refractivity contribution is 1.18. The molecule has 0 spiro atoms. The van der Waals surface area contributed by atoms with Crippen molar-refractivity contribution in [2.24, 2.45) is 0 Å². The molecular weight excluding hydrogens is 566 g/mol. The number of rotatable bonds is 2. The molecule has 0 atom stereocenters. The molecule has 0 bridgehead atoms. The second kappa shape index (κ2) is 7.81. The van der Waals surface area contributed by atoms with Crippen LogP contribution in [0.4, 0.5) is 0 Å². The van der Waals surface area contributed by atoms with Crippen LogP contribution >= 0.6 is 43.2 Å². The lowest BCUT2D eigenvalue weighted by atomic mass is 9.98. The Kier molecular flexibility index (Phi) is 4.70. The minimum absolute atomic E-state index is 1.09. The van der Waals surface area contributed by atoms with Crippen LogP contribution in [0.5, 0.6) is 0 Å². The van der Waals surface area contributed by atoms with E-state index in [1.807, 2.05) is 11.3 Å². The Morgan fingerprint density at radius 1 is 0.588 bits per heavy atom. The second-order valence-corrected chi connectivity index (χ2v) is 11.3. The van der Waals surface area contributed by atoms with Gasteiger partial charge in [-0.3, -0.25) is 0 Å². The van der Waals surface area contributed by atoms with Crippen LogP contribution in [0, 0.1) is 0 Å². The average Bonchev–Trinajstić information content (AvgIpc) is 3.39. The molecule has 0 aliphatic heterocycles. The topological polar surface area (TPSA) is 4.93 Å². The van der Waals surface area contributed by atoms with Crippen LogP contribution in [0.15, 0.2) is 112 Å². The lowest BCUT2D eigenvalue weighted by Crippen LogP contribution is -1.93. The Morgan fingerprint density at radius 2 is 1.38 bits per heavy atom. The summed E-state index contributed by atoms with van der Waals surface area (Å²) in [5.41, 5.74) is 6.12. The van der Waals surface area contributed by atoms with Gasteiger partial charge in [-0.1, -0.05) is 92.5 Å². The maximum absolute atomic E-state index is 3.83. The zero-order chi connectivity index (χ0) is 22.8. The molecule has 0 N–H and O–H groups in total. The molecule has 0 aliphatic rings. The normalized spacial score (nSPS) is 11.8. The first-order valence-electron chi connectivity index (χ1n) is 11.1. The molecule has 1 nitrogen and oxygen atoms in total. The van der Waals surface area contributed by atoms with Crippen LogP contribution in [0.2, 0.25) is 0 Å². The molecule has 0 saturated heterocycles. The van der Waals surface area contributed by atoms with E-state index >= 15 is 0 Å². The van der Waals surface area contributed by atoms with Crippen LogP contribution in [0.25, 0.3) is 58.8 Å². The van der Waals surface area contributed by atoms with E-state index in [0.717, 1.165) is 8.95 Å². The second-order valence-electron chi connectivity index (χ2n) is 8.46. The number of nitrogens with zero attached hydrogens (tertiary/aromatic N) is 1. The summed E-state index contributed by atoms with van der Waals surface area (Å²) in [6.45, 7) is 0. The molecule has 5 aromatic carbocycles. The highest BCUT2D eigenvalue weighted by molar-refractivity contribution is 9.11. The largest absolute Gasteiger partial charge is 0.309 e. The maximum atomic E-state index is 3.83. The molecule has 0 radical (unpaired) electrons. The van der Waals surface area contributed by atoms with Crippen molar-refractivity contribution < 1.29 is 0 Å². The molecule has 2 aromatic heterocycles. The Hall–Kier alpha value is -2.92. The van der Waals surface area contributed by atoms with Gasteiger partial charge in [-0.2, -0.15) is 0 Å². The summed E-state index contributed by atoms with van der Waals surface area (Å²) in [7, 11) is 0. The molecule has 7 aromatic rings. The first-order valence-corrected chi connectivity index (χ1v) is 13.5. The average molecular weight is 583 g/mol. The van der Waals surface area contributed by atoms with E-state index in [2.05, 4.69) is 140 Å². The summed E-state index contributed by atoms with van der Waals surface area (Å²) in [6, 6.07) is 37.2. The monoisotopic (exact) mass is 581 g/mol. The predicted octanol–water partition coefficient (Wildman–Crippen LogP) is 10.3. The molecule has 2 heterocycles. The molecule has 0 fully saturated rings. The van der Waals surface area contributed by atoms with Gasteiger partial charge in [-0.15, -0.1) is 11.3 Å². The highest BCUT2D eigenvalue weighted by Crippen LogP contribution is 2.45. The van der Waals surface area contributed by atoms with E-state index in [-0.39, 0.29) is 0 Å². The molecule has 0 aliphatic carbocycles. The molecule has 0 amide bonds. The minimum atomic E-state index is 1.09. The third-order valence-corrected chi connectivity index (χ3v) is 8.70. The van der Waals surface area contributed by atoms with Crippen molar-refractivity contribution in [1.82, 2.24) is 4.57 Å². The number of aromatic nitrogens is 1. The van der Waals surface area contributed by atoms with Gasteiger partial charge in [0.05, 0.1) is 11.0 Å². The Bertz CT molecular complexity index is 1880. The number of hydrogen-bond acceptors (Lipinski definition) is 1. The van der Waals surface area contributed by atoms with Crippen molar-refractivity contribution >= 4 is 85.2 Å². The van der Waals surface area contributed by atoms with E-state index in [0.29, 0.717) is 0 Å². The Balaban J connectivity index is 1.58. The number of fused-ring (bicyclic) bond motifs is 6. The maximum Gasteiger partial charge on any atom is 0.0547 e. The Morgan fingerprint density at radius 3 is 2.26 bits per heavy atom. The van der Waals surface area contributed by atoms with E-state index < -0.39 is 0 Å². The third-order valence-electron chi connectivity index (χ3n) is 6.51. The third kappa shape index (κ3) is 3.02. The summed E-state index contributed by atoms with van der Waals surface area (Å²) in [5, 5.41) is 5.14. The van der Waals surface area contributed by atoms with E-state index in [9.17, 15) is 0 Å². The van der Waals surface area contributed by atoms with Crippen molar-refractivity contribution in [3.8, 4) is 16.8 Å². The van der Waals surface area contributed by atoms with Gasteiger partial charge in [0.1, 0.15) is 0 Å². The van der Waals surface area contributed by atoms with E-state index in [1.54, 1.807) is 0 Å². The van der Waals surface area contributed by atoms with Gasteiger partial charge >= 0.3 is 0 Å². The van der Waals surface area contributed by atoms with Gasteiger partial charge < -0.3 is 4.57 Å². The summed E-state index contributed by atoms with van der Waals surface area (Å²) in [6.07, 6.45) is 0. The minimum Gasteiger partial charge on any atom is -0.309 e. The number of para-hydroxylation sites is 2. The number of thiophene rings is 1. The van der Waals surface area contributed by atoms with Crippen LogP contribution in [0.1, 0.15) is 0 Å². The van der Waals surface area contributed by atoms with Gasteiger partial charge in [0.25, 0.3) is 0 Å². The summed E-state index contributed by atoms with van der Waals surface area (Å²) >= 11 is 9.33. The van der Waals surface area contributed by atoms with Crippen LogP contribution in [0.3, 0.4) is 0 Å². The molecular formula is C30H17Br2NS. The molecule has 7 rings (SSSR count). The smallest absolute Gasteiger partial charge is 0.0547 e. The van der Waals surface area contributed by atoms with Crippen LogP contribution in [-0.2, 0) is 0 Å². The molecule has 0 saturated carbocycles. The highest BCUT2D eigenvalue weighted by atomic mass is 79.9. The van der Waals surface area contributed by atoms with Gasteiger partial charge in [0, 0.05) is 45.6 Å². The van der Waals surface area contributed by atoms with Crippen molar-refractivity contribution in [1.29, 1.82) is 0 Å². The number of hydrogen-bond donors (Lipinski definition) is 0. The fraction of sp³-hybridized carbons (Fsp3) is 0. The van der Waals surface area contributed by atoms with E-state index in [4.69, 9.17) is 0 Å². The van der Waals surface area contributed by atoms with Gasteiger partial charge in [0.15, 0.2) is 0 Å². The van der Waals surface area contributed by atoms with Crippen LogP contribution in [-0.4, -0.2) is 4.57 Å². The Labute approximate surface area is 217 Å². The zero-order valence-electron chi connectivity index (χ0n) is 17.9. The predicted molar refractivity (Wildman–Crippen MR) is 155 cm³/mol. The SMILES string of the molecule is Brc1cc(Br)c2c(c1)sc1cccc(-c3ccc4c5ccccc5n(-c5ccccc5)c4c3)c12. The van der Waals surface area contributed by atoms with Gasteiger partial charge in [-0.25, -0.2) is 0 Å². The molecule has 34 heavy (non-hydrogen) atoms. The summed E-state index contributed by atoms with van der Waals surface area (Å²) in [4.78, 5) is 0. The van der Waals surface area contributed by atoms with Crippen LogP contribution < -0.4 is 0 Å². The van der Waals surface area contributed by atoms with Gasteiger partial charge in [-0.05, 0) is 53.6 Å². The van der Waals surface area contributed by atoms with E-state index in [1.165, 1.54) is 58.8 Å². The zero-order valence-corrected chi connectivity index (χ0v) is 21.9. The van der Waals surface area contributed by atoms with Crippen molar-refractivity contribution in [3.63, 3.8) is 0 Å². The molecule has 0 unspecified atom stereocenters. The number of benzene rings is 5. The lowest BCUT2D eigenvalue weighted by Gasteiger charge is -2.10. The molecule has 4 heteroatoms. The van der Waals surface area contributed by atoms with Crippen molar-refractivity contribution in [2.45, 2.75) is 0 Å². The van der Waals surface area contributed by atoms with Crippen molar-refractivity contribution in [3.05, 3.63) is 112 Å². The fourth-order valence-corrected chi connectivity index (χ4v) is 8.00.